The predicted molar refractivity (Wildman–Crippen MR) is 38.9 cm³/mol. The lowest BCUT2D eigenvalue weighted by Crippen LogP contribution is -2.58. The Hall–Kier alpha value is -1.50. The van der Waals surface area contributed by atoms with Gasteiger partial charge in [-0.05, 0) is 0 Å². The Balaban J connectivity index is 2.33. The first-order valence-electron chi connectivity index (χ1n) is 3.39. The van der Waals surface area contributed by atoms with Crippen LogP contribution in [0.1, 0.15) is 0 Å². The smallest absolute Gasteiger partial charge is 0.322 e. The Bertz CT molecular complexity index is 185. The van der Waals surface area contributed by atoms with Crippen LogP contribution in [0, 0.1) is 0 Å². The van der Waals surface area contributed by atoms with Gasteiger partial charge >= 0.3 is 12.1 Å². The summed E-state index contributed by atoms with van der Waals surface area (Å²) in [5, 5.41) is 15.3. The van der Waals surface area contributed by atoms with E-state index in [0.717, 1.165) is 0 Å². The molecule has 68 valence electrons. The molecule has 0 radical (unpaired) electrons. The van der Waals surface area contributed by atoms with Crippen molar-refractivity contribution in [2.24, 2.45) is 0 Å². The van der Waals surface area contributed by atoms with Crippen LogP contribution in [0.15, 0.2) is 0 Å². The summed E-state index contributed by atoms with van der Waals surface area (Å²) < 4.78 is 0. The Morgan fingerprint density at radius 3 is 2.67 bits per heavy atom. The van der Waals surface area contributed by atoms with Gasteiger partial charge in [0.2, 0.25) is 0 Å². The lowest BCUT2D eigenvalue weighted by molar-refractivity contribution is 0.161. The van der Waals surface area contributed by atoms with Gasteiger partial charge in [0.1, 0.15) is 6.73 Å². The molecule has 1 saturated heterocycles. The second kappa shape index (κ2) is 3.77. The number of hydrogen-bond donors (Lipinski definition) is 4. The molecule has 1 heterocycles. The quantitative estimate of drug-likeness (QED) is 0.352. The van der Waals surface area contributed by atoms with Gasteiger partial charge in [-0.2, -0.15) is 0 Å². The molecule has 0 saturated carbocycles. The molecular weight excluding hydrogens is 164 g/mol. The second-order valence-electron chi connectivity index (χ2n) is 2.18. The fourth-order valence-electron chi connectivity index (χ4n) is 0.776. The number of nitrogens with zero attached hydrogens (tertiary/aromatic N) is 1. The maximum Gasteiger partial charge on any atom is 0.322 e. The van der Waals surface area contributed by atoms with Gasteiger partial charge in [-0.3, -0.25) is 4.90 Å². The molecule has 0 spiro atoms. The standard InChI is InChI=1S/C5H10N4O3/c10-3-8-5(12)9-1-6-4(11)7-2-9/h10H,1-3H2,(H,8,12)(H2,6,7,11). The van der Waals surface area contributed by atoms with Gasteiger partial charge in [-0.1, -0.05) is 0 Å². The van der Waals surface area contributed by atoms with Gasteiger partial charge in [-0.15, -0.1) is 0 Å². The minimum Gasteiger partial charge on any atom is -0.376 e. The summed E-state index contributed by atoms with van der Waals surface area (Å²) in [6.07, 6.45) is 0. The van der Waals surface area contributed by atoms with E-state index in [9.17, 15) is 9.59 Å². The fourth-order valence-corrected chi connectivity index (χ4v) is 0.776. The molecule has 0 aromatic rings. The van der Waals surface area contributed by atoms with Crippen molar-refractivity contribution in [1.82, 2.24) is 20.9 Å². The molecule has 0 aromatic carbocycles. The minimum absolute atomic E-state index is 0.150. The number of hydrogen-bond acceptors (Lipinski definition) is 3. The second-order valence-corrected chi connectivity index (χ2v) is 2.18. The van der Waals surface area contributed by atoms with Crippen LogP contribution in [0.2, 0.25) is 0 Å². The fraction of sp³-hybridized carbons (Fsp3) is 0.600. The number of urea groups is 2. The average Bonchev–Trinajstić information content (AvgIpc) is 2.06. The molecule has 0 atom stereocenters. The van der Waals surface area contributed by atoms with Gasteiger partial charge < -0.3 is 21.1 Å². The Morgan fingerprint density at radius 1 is 1.58 bits per heavy atom. The van der Waals surface area contributed by atoms with E-state index in [1.165, 1.54) is 4.90 Å². The zero-order valence-corrected chi connectivity index (χ0v) is 6.33. The Kier molecular flexibility index (Phi) is 2.70. The summed E-state index contributed by atoms with van der Waals surface area (Å²) in [6.45, 7) is -0.112. The van der Waals surface area contributed by atoms with Crippen molar-refractivity contribution in [3.8, 4) is 0 Å². The summed E-state index contributed by atoms with van der Waals surface area (Å²) in [6, 6.07) is -0.729. The van der Waals surface area contributed by atoms with Gasteiger partial charge in [0.05, 0.1) is 13.3 Å². The largest absolute Gasteiger partial charge is 0.376 e. The number of carbonyl (C=O) groups is 2. The van der Waals surface area contributed by atoms with Crippen LogP contribution in [0.3, 0.4) is 0 Å². The van der Waals surface area contributed by atoms with E-state index < -0.39 is 12.8 Å². The van der Waals surface area contributed by atoms with Gasteiger partial charge in [0, 0.05) is 0 Å². The molecule has 0 aliphatic carbocycles. The SMILES string of the molecule is O=C1NCN(C(=O)NCO)CN1. The molecular formula is C5H10N4O3. The Morgan fingerprint density at radius 2 is 2.17 bits per heavy atom. The number of nitrogens with one attached hydrogen (secondary N) is 3. The molecule has 1 fully saturated rings. The lowest BCUT2D eigenvalue weighted by Gasteiger charge is -2.27. The normalized spacial score (nSPS) is 16.4. The maximum atomic E-state index is 11.0. The number of carbonyl (C=O) groups excluding carboxylic acids is 2. The highest BCUT2D eigenvalue weighted by molar-refractivity contribution is 5.79. The first-order chi connectivity index (χ1) is 5.74. The number of aliphatic hydroxyl groups excluding tert-OH is 1. The molecule has 1 rings (SSSR count). The average molecular weight is 174 g/mol. The number of aliphatic hydroxyl groups is 1. The summed E-state index contributed by atoms with van der Waals surface area (Å²) >= 11 is 0. The number of rotatable bonds is 1. The minimum atomic E-state index is -0.426. The third kappa shape index (κ3) is 1.99. The van der Waals surface area contributed by atoms with Gasteiger partial charge in [-0.25, -0.2) is 9.59 Å². The van der Waals surface area contributed by atoms with Crippen molar-refractivity contribution in [2.75, 3.05) is 20.1 Å². The molecule has 4 amide bonds. The highest BCUT2D eigenvalue weighted by Crippen LogP contribution is 1.89. The van der Waals surface area contributed by atoms with Crippen molar-refractivity contribution in [3.63, 3.8) is 0 Å². The van der Waals surface area contributed by atoms with Crippen LogP contribution >= 0.6 is 0 Å². The Labute approximate surface area is 68.7 Å². The molecule has 4 N–H and O–H groups in total. The highest BCUT2D eigenvalue weighted by Gasteiger charge is 2.18. The molecule has 1 aliphatic heterocycles. The van der Waals surface area contributed by atoms with Crippen LogP contribution < -0.4 is 16.0 Å². The maximum absolute atomic E-state index is 11.0. The third-order valence-corrected chi connectivity index (χ3v) is 1.38. The van der Waals surface area contributed by atoms with Gasteiger partial charge in [0.15, 0.2) is 0 Å². The van der Waals surface area contributed by atoms with Crippen LogP contribution in [-0.2, 0) is 0 Å². The first kappa shape index (κ1) is 8.60. The van der Waals surface area contributed by atoms with E-state index in [1.54, 1.807) is 0 Å². The van der Waals surface area contributed by atoms with E-state index >= 15 is 0 Å². The molecule has 0 aromatic heterocycles. The summed E-state index contributed by atoms with van der Waals surface area (Å²) in [4.78, 5) is 22.8. The third-order valence-electron chi connectivity index (χ3n) is 1.38. The van der Waals surface area contributed by atoms with Crippen molar-refractivity contribution < 1.29 is 14.7 Å². The topological polar surface area (TPSA) is 93.7 Å². The molecule has 12 heavy (non-hydrogen) atoms. The number of amides is 4. The lowest BCUT2D eigenvalue weighted by atomic mass is 10.6. The van der Waals surface area contributed by atoms with E-state index in [-0.39, 0.29) is 19.4 Å². The summed E-state index contributed by atoms with van der Waals surface area (Å²) in [5.41, 5.74) is 0. The molecule has 0 bridgehead atoms. The first-order valence-corrected chi connectivity index (χ1v) is 3.39. The van der Waals surface area contributed by atoms with E-state index in [4.69, 9.17) is 5.11 Å². The zero-order chi connectivity index (χ0) is 8.97. The molecule has 7 heteroatoms. The van der Waals surface area contributed by atoms with Crippen LogP contribution in [0.4, 0.5) is 9.59 Å². The molecule has 1 aliphatic rings. The van der Waals surface area contributed by atoms with E-state index in [0.29, 0.717) is 0 Å². The van der Waals surface area contributed by atoms with E-state index in [2.05, 4.69) is 16.0 Å². The summed E-state index contributed by atoms with van der Waals surface area (Å²) in [7, 11) is 0. The highest BCUT2D eigenvalue weighted by atomic mass is 16.3. The van der Waals surface area contributed by atoms with Crippen molar-refractivity contribution in [3.05, 3.63) is 0 Å². The van der Waals surface area contributed by atoms with Crippen molar-refractivity contribution >= 4 is 12.1 Å². The van der Waals surface area contributed by atoms with E-state index in [1.807, 2.05) is 0 Å². The van der Waals surface area contributed by atoms with Crippen LogP contribution in [-0.4, -0.2) is 42.1 Å². The zero-order valence-electron chi connectivity index (χ0n) is 6.33. The monoisotopic (exact) mass is 174 g/mol. The van der Waals surface area contributed by atoms with Crippen LogP contribution in [0.5, 0.6) is 0 Å². The molecule has 0 unspecified atom stereocenters. The van der Waals surface area contributed by atoms with Crippen LogP contribution in [0.25, 0.3) is 0 Å². The summed E-state index contributed by atoms with van der Waals surface area (Å²) in [5.74, 6) is 0. The van der Waals surface area contributed by atoms with Gasteiger partial charge in [0.25, 0.3) is 0 Å². The van der Waals surface area contributed by atoms with Crippen molar-refractivity contribution in [1.29, 1.82) is 0 Å². The predicted octanol–water partition coefficient (Wildman–Crippen LogP) is -1.82. The van der Waals surface area contributed by atoms with Crippen molar-refractivity contribution in [2.45, 2.75) is 0 Å². The molecule has 7 nitrogen and oxygen atoms in total.